The predicted octanol–water partition coefficient (Wildman–Crippen LogP) is 1.63. The molecule has 1 heterocycles. The molecule has 3 atom stereocenters. The van der Waals surface area contributed by atoms with Gasteiger partial charge in [0.2, 0.25) is 5.91 Å². The van der Waals surface area contributed by atoms with Crippen LogP contribution in [0.1, 0.15) is 40.0 Å². The van der Waals surface area contributed by atoms with Gasteiger partial charge in [-0.15, -0.1) is 0 Å². The minimum absolute atomic E-state index is 0.00412. The summed E-state index contributed by atoms with van der Waals surface area (Å²) in [5, 5.41) is 3.16. The molecular formula is C12H24N2O. The molecule has 1 aliphatic heterocycles. The van der Waals surface area contributed by atoms with Gasteiger partial charge in [0, 0.05) is 12.6 Å². The van der Waals surface area contributed by atoms with E-state index in [9.17, 15) is 4.79 Å². The molecule has 0 aromatic carbocycles. The Bertz CT molecular complexity index is 218. The van der Waals surface area contributed by atoms with Gasteiger partial charge in [-0.1, -0.05) is 20.3 Å². The van der Waals surface area contributed by atoms with E-state index in [-0.39, 0.29) is 11.9 Å². The molecule has 1 amide bonds. The summed E-state index contributed by atoms with van der Waals surface area (Å²) in [6.45, 7) is 7.36. The van der Waals surface area contributed by atoms with Gasteiger partial charge in [0.1, 0.15) is 0 Å². The molecule has 88 valence electrons. The minimum Gasteiger partial charge on any atom is -0.339 e. The van der Waals surface area contributed by atoms with Crippen molar-refractivity contribution in [3.05, 3.63) is 0 Å². The average molecular weight is 212 g/mol. The fourth-order valence-electron chi connectivity index (χ4n) is 2.33. The second kappa shape index (κ2) is 5.50. The maximum absolute atomic E-state index is 12.3. The Morgan fingerprint density at radius 3 is 2.67 bits per heavy atom. The monoisotopic (exact) mass is 212 g/mol. The van der Waals surface area contributed by atoms with Crippen molar-refractivity contribution in [2.45, 2.75) is 52.1 Å². The van der Waals surface area contributed by atoms with E-state index in [0.29, 0.717) is 12.0 Å². The van der Waals surface area contributed by atoms with E-state index in [1.807, 2.05) is 11.9 Å². The van der Waals surface area contributed by atoms with Crippen molar-refractivity contribution in [2.75, 3.05) is 13.6 Å². The summed E-state index contributed by atoms with van der Waals surface area (Å²) < 4.78 is 0. The van der Waals surface area contributed by atoms with Crippen LogP contribution in [0.4, 0.5) is 0 Å². The van der Waals surface area contributed by atoms with E-state index in [1.165, 1.54) is 0 Å². The van der Waals surface area contributed by atoms with Crippen molar-refractivity contribution < 1.29 is 4.79 Å². The third-order valence-corrected chi connectivity index (χ3v) is 3.63. The van der Waals surface area contributed by atoms with E-state index < -0.39 is 0 Å². The number of carbonyl (C=O) groups is 1. The second-order valence-electron chi connectivity index (χ2n) is 4.67. The maximum Gasteiger partial charge on any atom is 0.240 e. The Balaban J connectivity index is 2.63. The molecule has 1 fully saturated rings. The number of amides is 1. The summed E-state index contributed by atoms with van der Waals surface area (Å²) in [5.74, 6) is 0.701. The zero-order valence-corrected chi connectivity index (χ0v) is 10.4. The number of rotatable bonds is 4. The highest BCUT2D eigenvalue weighted by Gasteiger charge is 2.31. The van der Waals surface area contributed by atoms with Crippen LogP contribution >= 0.6 is 0 Å². The van der Waals surface area contributed by atoms with Gasteiger partial charge in [-0.25, -0.2) is 0 Å². The lowest BCUT2D eigenvalue weighted by atomic mass is 9.98. The van der Waals surface area contributed by atoms with Crippen LogP contribution in [0.25, 0.3) is 0 Å². The van der Waals surface area contributed by atoms with Crippen LogP contribution in [-0.4, -0.2) is 36.5 Å². The lowest BCUT2D eigenvalue weighted by molar-refractivity contribution is -0.135. The SMILES string of the molecule is CC[C@@H](C)[C@H](NC)C(=O)N1CCC[C@H]1C. The van der Waals surface area contributed by atoms with Gasteiger partial charge in [-0.3, -0.25) is 4.79 Å². The molecule has 0 radical (unpaired) electrons. The van der Waals surface area contributed by atoms with E-state index in [1.54, 1.807) is 0 Å². The van der Waals surface area contributed by atoms with Crippen molar-refractivity contribution in [3.63, 3.8) is 0 Å². The van der Waals surface area contributed by atoms with Crippen molar-refractivity contribution in [3.8, 4) is 0 Å². The molecule has 3 heteroatoms. The molecule has 15 heavy (non-hydrogen) atoms. The first-order valence-electron chi connectivity index (χ1n) is 6.09. The Labute approximate surface area is 93.2 Å². The lowest BCUT2D eigenvalue weighted by Gasteiger charge is -2.29. The van der Waals surface area contributed by atoms with Gasteiger partial charge in [0.25, 0.3) is 0 Å². The Morgan fingerprint density at radius 1 is 1.60 bits per heavy atom. The molecule has 0 aliphatic carbocycles. The van der Waals surface area contributed by atoms with Crippen LogP contribution in [0.2, 0.25) is 0 Å². The highest BCUT2D eigenvalue weighted by molar-refractivity contribution is 5.82. The van der Waals surface area contributed by atoms with E-state index in [2.05, 4.69) is 26.1 Å². The van der Waals surface area contributed by atoms with Crippen molar-refractivity contribution in [1.29, 1.82) is 0 Å². The molecule has 0 aromatic rings. The van der Waals surface area contributed by atoms with Gasteiger partial charge in [-0.05, 0) is 32.7 Å². The topological polar surface area (TPSA) is 32.3 Å². The average Bonchev–Trinajstić information content (AvgIpc) is 2.65. The first-order valence-corrected chi connectivity index (χ1v) is 6.09. The Morgan fingerprint density at radius 2 is 2.27 bits per heavy atom. The zero-order valence-electron chi connectivity index (χ0n) is 10.4. The van der Waals surface area contributed by atoms with Gasteiger partial charge < -0.3 is 10.2 Å². The molecule has 0 unspecified atom stereocenters. The number of hydrogen-bond acceptors (Lipinski definition) is 2. The molecule has 1 N–H and O–H groups in total. The molecule has 1 aliphatic rings. The first kappa shape index (κ1) is 12.5. The number of nitrogens with one attached hydrogen (secondary N) is 1. The maximum atomic E-state index is 12.3. The largest absolute Gasteiger partial charge is 0.339 e. The smallest absolute Gasteiger partial charge is 0.240 e. The van der Waals surface area contributed by atoms with Gasteiger partial charge in [0.05, 0.1) is 6.04 Å². The second-order valence-corrected chi connectivity index (χ2v) is 4.67. The van der Waals surface area contributed by atoms with Gasteiger partial charge in [-0.2, -0.15) is 0 Å². The summed E-state index contributed by atoms with van der Waals surface area (Å²) in [6.07, 6.45) is 3.35. The Kier molecular flexibility index (Phi) is 4.58. The van der Waals surface area contributed by atoms with Crippen LogP contribution in [0.15, 0.2) is 0 Å². The number of likely N-dealkylation sites (tertiary alicyclic amines) is 1. The highest BCUT2D eigenvalue weighted by atomic mass is 16.2. The van der Waals surface area contributed by atoms with Crippen LogP contribution in [0, 0.1) is 5.92 Å². The number of carbonyl (C=O) groups excluding carboxylic acids is 1. The van der Waals surface area contributed by atoms with Crippen LogP contribution in [0.3, 0.4) is 0 Å². The highest BCUT2D eigenvalue weighted by Crippen LogP contribution is 2.20. The molecular weight excluding hydrogens is 188 g/mol. The molecule has 0 saturated carbocycles. The quantitative estimate of drug-likeness (QED) is 0.768. The Hall–Kier alpha value is -0.570. The summed E-state index contributed by atoms with van der Waals surface area (Å²) >= 11 is 0. The fraction of sp³-hybridized carbons (Fsp3) is 0.917. The number of hydrogen-bond donors (Lipinski definition) is 1. The predicted molar refractivity (Wildman–Crippen MR) is 62.7 cm³/mol. The summed E-state index contributed by atoms with van der Waals surface area (Å²) in [4.78, 5) is 14.3. The summed E-state index contributed by atoms with van der Waals surface area (Å²) in [5.41, 5.74) is 0. The molecule has 1 saturated heterocycles. The molecule has 3 nitrogen and oxygen atoms in total. The van der Waals surface area contributed by atoms with Gasteiger partial charge in [0.15, 0.2) is 0 Å². The summed E-state index contributed by atoms with van der Waals surface area (Å²) in [7, 11) is 1.88. The molecule has 0 spiro atoms. The zero-order chi connectivity index (χ0) is 11.4. The standard InChI is InChI=1S/C12H24N2O/c1-5-9(2)11(13-4)12(15)14-8-6-7-10(14)3/h9-11,13H,5-8H2,1-4H3/t9-,10-,11+/m1/s1. The molecule has 1 rings (SSSR count). The van der Waals surface area contributed by atoms with E-state index >= 15 is 0 Å². The minimum atomic E-state index is -0.00412. The first-order chi connectivity index (χ1) is 7.11. The van der Waals surface area contributed by atoms with Crippen molar-refractivity contribution >= 4 is 5.91 Å². The number of nitrogens with zero attached hydrogens (tertiary/aromatic N) is 1. The third-order valence-electron chi connectivity index (χ3n) is 3.63. The lowest BCUT2D eigenvalue weighted by Crippen LogP contribution is -2.49. The van der Waals surface area contributed by atoms with Crippen LogP contribution in [0.5, 0.6) is 0 Å². The third kappa shape index (κ3) is 2.71. The van der Waals surface area contributed by atoms with Crippen molar-refractivity contribution in [1.82, 2.24) is 10.2 Å². The molecule has 0 bridgehead atoms. The summed E-state index contributed by atoms with van der Waals surface area (Å²) in [6, 6.07) is 0.424. The van der Waals surface area contributed by atoms with E-state index in [4.69, 9.17) is 0 Å². The fourth-order valence-corrected chi connectivity index (χ4v) is 2.33. The van der Waals surface area contributed by atoms with Crippen molar-refractivity contribution in [2.24, 2.45) is 5.92 Å². The van der Waals surface area contributed by atoms with Crippen LogP contribution in [-0.2, 0) is 4.79 Å². The normalized spacial score (nSPS) is 25.3. The molecule has 0 aromatic heterocycles. The van der Waals surface area contributed by atoms with Gasteiger partial charge >= 0.3 is 0 Å². The van der Waals surface area contributed by atoms with Crippen LogP contribution < -0.4 is 5.32 Å². The van der Waals surface area contributed by atoms with E-state index in [0.717, 1.165) is 25.8 Å². The number of likely N-dealkylation sites (N-methyl/N-ethyl adjacent to an activating group) is 1.